The zero-order chi connectivity index (χ0) is 8.43. The van der Waals surface area contributed by atoms with Gasteiger partial charge in [0.15, 0.2) is 0 Å². The molecule has 0 aromatic heterocycles. The average molecular weight is 154 g/mol. The number of Topliss-reactive ketones (excluding diaryl/α,β-unsaturated/α-hetero) is 1. The van der Waals surface area contributed by atoms with E-state index in [0.29, 0.717) is 12.3 Å². The quantitative estimate of drug-likeness (QED) is 0.423. The van der Waals surface area contributed by atoms with Crippen LogP contribution in [-0.4, -0.2) is 12.1 Å². The minimum atomic E-state index is -0.314. The Morgan fingerprint density at radius 3 is 2.55 bits per heavy atom. The molecule has 0 heterocycles. The molecule has 0 spiro atoms. The van der Waals surface area contributed by atoms with Crippen molar-refractivity contribution in [1.82, 2.24) is 0 Å². The van der Waals surface area contributed by atoms with Gasteiger partial charge in [0.1, 0.15) is 12.1 Å². The zero-order valence-electron chi connectivity index (χ0n) is 7.04. The Morgan fingerprint density at radius 2 is 2.09 bits per heavy atom. The van der Waals surface area contributed by atoms with Gasteiger partial charge >= 0.3 is 0 Å². The number of ketones is 1. The second-order valence-corrected chi connectivity index (χ2v) is 3.65. The van der Waals surface area contributed by atoms with E-state index in [2.05, 4.69) is 6.92 Å². The molecule has 3 atom stereocenters. The number of hydrogen-bond donors (Lipinski definition) is 0. The number of rotatable bonds is 1. The lowest BCUT2D eigenvalue weighted by Gasteiger charge is -2.27. The highest BCUT2D eigenvalue weighted by Gasteiger charge is 2.31. The van der Waals surface area contributed by atoms with E-state index in [4.69, 9.17) is 0 Å². The predicted octanol–water partition coefficient (Wildman–Crippen LogP) is 1.44. The van der Waals surface area contributed by atoms with Crippen molar-refractivity contribution in [3.63, 3.8) is 0 Å². The molecule has 2 heteroatoms. The predicted molar refractivity (Wildman–Crippen MR) is 42.1 cm³/mol. The molecule has 0 N–H and O–H groups in total. The summed E-state index contributed by atoms with van der Waals surface area (Å²) in [6.07, 6.45) is 2.40. The molecule has 0 radical (unpaired) electrons. The lowest BCUT2D eigenvalue weighted by Crippen LogP contribution is -2.31. The van der Waals surface area contributed by atoms with E-state index < -0.39 is 0 Å². The van der Waals surface area contributed by atoms with Gasteiger partial charge in [-0.15, -0.1) is 0 Å². The summed E-state index contributed by atoms with van der Waals surface area (Å²) in [5.74, 6) is 0.537. The van der Waals surface area contributed by atoms with E-state index >= 15 is 0 Å². The molecule has 0 aromatic carbocycles. The highest BCUT2D eigenvalue weighted by molar-refractivity contribution is 5.94. The molecule has 0 aromatic rings. The van der Waals surface area contributed by atoms with E-state index in [1.165, 1.54) is 0 Å². The summed E-state index contributed by atoms with van der Waals surface area (Å²) in [5.41, 5.74) is 0. The second-order valence-electron chi connectivity index (χ2n) is 3.65. The Labute approximate surface area is 67.0 Å². The fraction of sp³-hybridized carbons (Fsp3) is 0.778. The van der Waals surface area contributed by atoms with Crippen LogP contribution in [0.5, 0.6) is 0 Å². The van der Waals surface area contributed by atoms with Gasteiger partial charge in [-0.3, -0.25) is 4.79 Å². The van der Waals surface area contributed by atoms with Crippen molar-refractivity contribution in [3.8, 4) is 0 Å². The third-order valence-electron chi connectivity index (χ3n) is 2.46. The summed E-state index contributed by atoms with van der Waals surface area (Å²) >= 11 is 0. The first kappa shape index (κ1) is 8.44. The number of carbonyl (C=O) groups excluding carboxylic acids is 2. The van der Waals surface area contributed by atoms with Gasteiger partial charge in [-0.1, -0.05) is 13.8 Å². The molecule has 0 saturated heterocycles. The van der Waals surface area contributed by atoms with E-state index in [0.717, 1.165) is 12.7 Å². The van der Waals surface area contributed by atoms with Crippen molar-refractivity contribution < 1.29 is 9.59 Å². The van der Waals surface area contributed by atoms with E-state index in [9.17, 15) is 9.59 Å². The SMILES string of the molecule is CC1CC(=O)C(C=O)C(C)C1. The van der Waals surface area contributed by atoms with Crippen LogP contribution >= 0.6 is 0 Å². The lowest BCUT2D eigenvalue weighted by atomic mass is 9.75. The molecule has 62 valence electrons. The number of hydrogen-bond acceptors (Lipinski definition) is 2. The van der Waals surface area contributed by atoms with Crippen molar-refractivity contribution in [2.45, 2.75) is 26.7 Å². The minimum Gasteiger partial charge on any atom is -0.303 e. The molecule has 1 aliphatic rings. The van der Waals surface area contributed by atoms with Crippen LogP contribution in [0.1, 0.15) is 26.7 Å². The monoisotopic (exact) mass is 154 g/mol. The van der Waals surface area contributed by atoms with Gasteiger partial charge < -0.3 is 4.79 Å². The Balaban J connectivity index is 2.66. The van der Waals surface area contributed by atoms with Gasteiger partial charge in [-0.05, 0) is 18.3 Å². The van der Waals surface area contributed by atoms with Gasteiger partial charge in [0, 0.05) is 6.42 Å². The second kappa shape index (κ2) is 3.16. The molecular formula is C9H14O2. The topological polar surface area (TPSA) is 34.1 Å². The van der Waals surface area contributed by atoms with Gasteiger partial charge in [0.2, 0.25) is 0 Å². The molecular weight excluding hydrogens is 140 g/mol. The molecule has 1 rings (SSSR count). The molecule has 1 saturated carbocycles. The molecule has 1 fully saturated rings. The summed E-state index contributed by atoms with van der Waals surface area (Å²) in [7, 11) is 0. The maximum absolute atomic E-state index is 11.2. The standard InChI is InChI=1S/C9H14O2/c1-6-3-7(2)8(5-10)9(11)4-6/h5-8H,3-4H2,1-2H3. The summed E-state index contributed by atoms with van der Waals surface area (Å²) in [6, 6.07) is 0. The van der Waals surface area contributed by atoms with Crippen molar-refractivity contribution >= 4 is 12.1 Å². The Hall–Kier alpha value is -0.660. The highest BCUT2D eigenvalue weighted by atomic mass is 16.1. The third-order valence-corrected chi connectivity index (χ3v) is 2.46. The maximum Gasteiger partial charge on any atom is 0.143 e. The summed E-state index contributed by atoms with van der Waals surface area (Å²) in [5, 5.41) is 0. The van der Waals surface area contributed by atoms with Crippen LogP contribution in [0.3, 0.4) is 0 Å². The van der Waals surface area contributed by atoms with Gasteiger partial charge in [-0.25, -0.2) is 0 Å². The average Bonchev–Trinajstić information content (AvgIpc) is 1.85. The van der Waals surface area contributed by atoms with Crippen molar-refractivity contribution in [3.05, 3.63) is 0 Å². The van der Waals surface area contributed by atoms with E-state index in [1.54, 1.807) is 0 Å². The third kappa shape index (κ3) is 1.67. The van der Waals surface area contributed by atoms with Gasteiger partial charge in [0.05, 0.1) is 5.92 Å². The van der Waals surface area contributed by atoms with Gasteiger partial charge in [-0.2, -0.15) is 0 Å². The number of carbonyl (C=O) groups is 2. The van der Waals surface area contributed by atoms with Crippen LogP contribution in [-0.2, 0) is 9.59 Å². The number of aldehydes is 1. The van der Waals surface area contributed by atoms with Crippen molar-refractivity contribution in [2.24, 2.45) is 17.8 Å². The lowest BCUT2D eigenvalue weighted by molar-refractivity contribution is -0.132. The van der Waals surface area contributed by atoms with E-state index in [1.807, 2.05) is 6.92 Å². The maximum atomic E-state index is 11.2. The van der Waals surface area contributed by atoms with Crippen LogP contribution in [0, 0.1) is 17.8 Å². The normalized spacial score (nSPS) is 38.7. The highest BCUT2D eigenvalue weighted by Crippen LogP contribution is 2.29. The Kier molecular flexibility index (Phi) is 2.42. The van der Waals surface area contributed by atoms with E-state index in [-0.39, 0.29) is 17.6 Å². The van der Waals surface area contributed by atoms with Crippen LogP contribution in [0.2, 0.25) is 0 Å². The molecule has 0 amide bonds. The molecule has 2 nitrogen and oxygen atoms in total. The zero-order valence-corrected chi connectivity index (χ0v) is 7.04. The largest absolute Gasteiger partial charge is 0.303 e. The van der Waals surface area contributed by atoms with Crippen LogP contribution in [0.15, 0.2) is 0 Å². The van der Waals surface area contributed by atoms with Crippen LogP contribution in [0.4, 0.5) is 0 Å². The summed E-state index contributed by atoms with van der Waals surface area (Å²) in [4.78, 5) is 21.7. The first-order valence-electron chi connectivity index (χ1n) is 4.13. The Bertz CT molecular complexity index is 174. The summed E-state index contributed by atoms with van der Waals surface area (Å²) < 4.78 is 0. The molecule has 0 bridgehead atoms. The van der Waals surface area contributed by atoms with Crippen molar-refractivity contribution in [1.29, 1.82) is 0 Å². The summed E-state index contributed by atoms with van der Waals surface area (Å²) in [6.45, 7) is 4.04. The molecule has 1 aliphatic carbocycles. The van der Waals surface area contributed by atoms with Gasteiger partial charge in [0.25, 0.3) is 0 Å². The molecule has 3 unspecified atom stereocenters. The van der Waals surface area contributed by atoms with Crippen LogP contribution < -0.4 is 0 Å². The minimum absolute atomic E-state index is 0.131. The molecule has 11 heavy (non-hydrogen) atoms. The molecule has 0 aliphatic heterocycles. The fourth-order valence-corrected chi connectivity index (χ4v) is 1.87. The smallest absolute Gasteiger partial charge is 0.143 e. The van der Waals surface area contributed by atoms with Crippen molar-refractivity contribution in [2.75, 3.05) is 0 Å². The first-order chi connectivity index (χ1) is 5.15. The Morgan fingerprint density at radius 1 is 1.45 bits per heavy atom. The fourth-order valence-electron chi connectivity index (χ4n) is 1.87. The van der Waals surface area contributed by atoms with Crippen LogP contribution in [0.25, 0.3) is 0 Å². The first-order valence-corrected chi connectivity index (χ1v) is 4.13.